The molecule has 0 radical (unpaired) electrons. The number of hydrogen-bond donors (Lipinski definition) is 1. The number of aromatic nitrogens is 1. The molecule has 4 nitrogen and oxygen atoms in total. The summed E-state index contributed by atoms with van der Waals surface area (Å²) in [6, 6.07) is 0. The monoisotopic (exact) mass is 198 g/mol. The van der Waals surface area contributed by atoms with Gasteiger partial charge in [-0.25, -0.2) is 4.98 Å². The Bertz CT molecular complexity index is 295. The van der Waals surface area contributed by atoms with Crippen molar-refractivity contribution in [3.05, 3.63) is 16.6 Å². The summed E-state index contributed by atoms with van der Waals surface area (Å²) in [6.45, 7) is 1.99. The maximum atomic E-state index is 11.0. The van der Waals surface area contributed by atoms with Gasteiger partial charge in [-0.15, -0.1) is 11.3 Å². The lowest BCUT2D eigenvalue weighted by atomic mass is 10.3. The van der Waals surface area contributed by atoms with Crippen molar-refractivity contribution in [1.29, 1.82) is 0 Å². The third kappa shape index (κ3) is 2.95. The molecule has 1 amide bonds. The summed E-state index contributed by atoms with van der Waals surface area (Å²) in [5, 5.41) is 5.12. The highest BCUT2D eigenvalue weighted by molar-refractivity contribution is 7.09. The summed E-state index contributed by atoms with van der Waals surface area (Å²) in [5.74, 6) is -0.922. The molecule has 0 aliphatic carbocycles. The first-order valence-electron chi connectivity index (χ1n) is 3.93. The minimum atomic E-state index is -0.530. The molecule has 0 aromatic carbocycles. The lowest BCUT2D eigenvalue weighted by molar-refractivity contribution is -0.137. The number of rotatable bonds is 4. The van der Waals surface area contributed by atoms with Gasteiger partial charge in [0, 0.05) is 18.0 Å². The predicted octanol–water partition coefficient (Wildman–Crippen LogP) is 0.738. The van der Waals surface area contributed by atoms with Crippen LogP contribution in [0, 0.1) is 0 Å². The highest BCUT2D eigenvalue weighted by Gasteiger charge is 2.10. The number of hydrogen-bond acceptors (Lipinski definition) is 4. The first-order chi connectivity index (χ1) is 6.24. The van der Waals surface area contributed by atoms with Crippen LogP contribution in [0.4, 0.5) is 0 Å². The standard InChI is InChI=1S/C8H10N2O2S/c1-2-6(11)8(12)10-5-7-9-3-4-13-7/h3-4H,2,5H2,1H3,(H,10,12). The Labute approximate surface area is 80.0 Å². The second kappa shape index (κ2) is 4.71. The van der Waals surface area contributed by atoms with Crippen molar-refractivity contribution in [3.63, 3.8) is 0 Å². The van der Waals surface area contributed by atoms with Crippen molar-refractivity contribution in [2.45, 2.75) is 19.9 Å². The number of amides is 1. The zero-order chi connectivity index (χ0) is 9.68. The van der Waals surface area contributed by atoms with E-state index in [-0.39, 0.29) is 6.42 Å². The van der Waals surface area contributed by atoms with Gasteiger partial charge in [0.25, 0.3) is 5.91 Å². The summed E-state index contributed by atoms with van der Waals surface area (Å²) < 4.78 is 0. The minimum absolute atomic E-state index is 0.240. The van der Waals surface area contributed by atoms with Gasteiger partial charge in [0.05, 0.1) is 6.54 Å². The maximum absolute atomic E-state index is 11.0. The van der Waals surface area contributed by atoms with E-state index in [4.69, 9.17) is 0 Å². The molecule has 0 unspecified atom stereocenters. The van der Waals surface area contributed by atoms with E-state index in [1.54, 1.807) is 13.1 Å². The molecular weight excluding hydrogens is 188 g/mol. The molecule has 1 N–H and O–H groups in total. The maximum Gasteiger partial charge on any atom is 0.287 e. The van der Waals surface area contributed by atoms with E-state index in [2.05, 4.69) is 10.3 Å². The van der Waals surface area contributed by atoms with Crippen LogP contribution in [-0.4, -0.2) is 16.7 Å². The fourth-order valence-electron chi connectivity index (χ4n) is 0.755. The van der Waals surface area contributed by atoms with Crippen LogP contribution in [0.3, 0.4) is 0 Å². The van der Waals surface area contributed by atoms with Gasteiger partial charge in [-0.05, 0) is 0 Å². The quantitative estimate of drug-likeness (QED) is 0.726. The molecule has 1 aromatic rings. The molecule has 0 saturated heterocycles. The smallest absolute Gasteiger partial charge is 0.287 e. The van der Waals surface area contributed by atoms with Gasteiger partial charge >= 0.3 is 0 Å². The lowest BCUT2D eigenvalue weighted by Crippen LogP contribution is -2.29. The summed E-state index contributed by atoms with van der Waals surface area (Å²) in [4.78, 5) is 25.8. The Morgan fingerprint density at radius 1 is 1.62 bits per heavy atom. The van der Waals surface area contributed by atoms with E-state index in [0.717, 1.165) is 5.01 Å². The van der Waals surface area contributed by atoms with Gasteiger partial charge in [0.1, 0.15) is 5.01 Å². The predicted molar refractivity (Wildman–Crippen MR) is 49.3 cm³/mol. The number of nitrogens with zero attached hydrogens (tertiary/aromatic N) is 1. The van der Waals surface area contributed by atoms with Crippen LogP contribution < -0.4 is 5.32 Å². The third-order valence-corrected chi connectivity index (χ3v) is 2.24. The molecular formula is C8H10N2O2S. The molecule has 0 spiro atoms. The number of nitrogens with one attached hydrogen (secondary N) is 1. The van der Waals surface area contributed by atoms with E-state index in [1.807, 2.05) is 5.38 Å². The molecule has 0 aliphatic rings. The normalized spacial score (nSPS) is 9.62. The zero-order valence-electron chi connectivity index (χ0n) is 7.24. The Morgan fingerprint density at radius 3 is 2.92 bits per heavy atom. The van der Waals surface area contributed by atoms with Crippen LogP contribution in [0.25, 0.3) is 0 Å². The molecule has 5 heteroatoms. The molecule has 0 atom stereocenters. The molecule has 0 aliphatic heterocycles. The summed E-state index contributed by atoms with van der Waals surface area (Å²) in [7, 11) is 0. The van der Waals surface area contributed by atoms with E-state index < -0.39 is 11.7 Å². The molecule has 1 aromatic heterocycles. The lowest BCUT2D eigenvalue weighted by Gasteiger charge is -1.99. The van der Waals surface area contributed by atoms with Crippen LogP contribution in [0.1, 0.15) is 18.4 Å². The molecule has 70 valence electrons. The highest BCUT2D eigenvalue weighted by atomic mass is 32.1. The fraction of sp³-hybridized carbons (Fsp3) is 0.375. The van der Waals surface area contributed by atoms with Crippen LogP contribution in [-0.2, 0) is 16.1 Å². The molecule has 0 fully saturated rings. The summed E-state index contributed by atoms with van der Waals surface area (Å²) >= 11 is 1.45. The minimum Gasteiger partial charge on any atom is -0.343 e. The van der Waals surface area contributed by atoms with Gasteiger partial charge < -0.3 is 5.32 Å². The van der Waals surface area contributed by atoms with Crippen molar-refractivity contribution in [3.8, 4) is 0 Å². The SMILES string of the molecule is CCC(=O)C(=O)NCc1nccs1. The van der Waals surface area contributed by atoms with Gasteiger partial charge in [-0.2, -0.15) is 0 Å². The second-order valence-corrected chi connectivity index (χ2v) is 3.36. The second-order valence-electron chi connectivity index (χ2n) is 2.39. The van der Waals surface area contributed by atoms with E-state index in [9.17, 15) is 9.59 Å². The average Bonchev–Trinajstić information content (AvgIpc) is 2.65. The van der Waals surface area contributed by atoms with Crippen LogP contribution in [0.15, 0.2) is 11.6 Å². The first kappa shape index (κ1) is 9.85. The Kier molecular flexibility index (Phi) is 3.57. The molecule has 1 rings (SSSR count). The molecule has 1 heterocycles. The van der Waals surface area contributed by atoms with Crippen molar-refractivity contribution < 1.29 is 9.59 Å². The van der Waals surface area contributed by atoms with Gasteiger partial charge in [-0.3, -0.25) is 9.59 Å². The van der Waals surface area contributed by atoms with Crippen LogP contribution in [0.5, 0.6) is 0 Å². The van der Waals surface area contributed by atoms with Crippen LogP contribution in [0.2, 0.25) is 0 Å². The number of thiazole rings is 1. The van der Waals surface area contributed by atoms with Crippen LogP contribution >= 0.6 is 11.3 Å². The number of carbonyl (C=O) groups excluding carboxylic acids is 2. The summed E-state index contributed by atoms with van der Waals surface area (Å²) in [6.07, 6.45) is 1.90. The number of ketones is 1. The fourth-order valence-corrected chi connectivity index (χ4v) is 1.31. The first-order valence-corrected chi connectivity index (χ1v) is 4.81. The van der Waals surface area contributed by atoms with E-state index in [0.29, 0.717) is 6.54 Å². The molecule has 13 heavy (non-hydrogen) atoms. The van der Waals surface area contributed by atoms with Gasteiger partial charge in [-0.1, -0.05) is 6.92 Å². The topological polar surface area (TPSA) is 59.1 Å². The highest BCUT2D eigenvalue weighted by Crippen LogP contribution is 2.02. The van der Waals surface area contributed by atoms with Crippen molar-refractivity contribution in [2.75, 3.05) is 0 Å². The van der Waals surface area contributed by atoms with Crippen molar-refractivity contribution in [2.24, 2.45) is 0 Å². The van der Waals surface area contributed by atoms with E-state index >= 15 is 0 Å². The van der Waals surface area contributed by atoms with Crippen molar-refractivity contribution >= 4 is 23.0 Å². The van der Waals surface area contributed by atoms with E-state index in [1.165, 1.54) is 11.3 Å². The van der Waals surface area contributed by atoms with Crippen molar-refractivity contribution in [1.82, 2.24) is 10.3 Å². The largest absolute Gasteiger partial charge is 0.343 e. The molecule has 0 bridgehead atoms. The van der Waals surface area contributed by atoms with Gasteiger partial charge in [0.15, 0.2) is 0 Å². The Balaban J connectivity index is 2.35. The Hall–Kier alpha value is -1.23. The Morgan fingerprint density at radius 2 is 2.38 bits per heavy atom. The molecule has 0 saturated carbocycles. The zero-order valence-corrected chi connectivity index (χ0v) is 8.06. The summed E-state index contributed by atoms with van der Waals surface area (Å²) in [5.41, 5.74) is 0. The third-order valence-electron chi connectivity index (χ3n) is 1.46. The number of carbonyl (C=O) groups is 2. The average molecular weight is 198 g/mol. The van der Waals surface area contributed by atoms with Gasteiger partial charge in [0.2, 0.25) is 5.78 Å². The number of Topliss-reactive ketones (excluding diaryl/α,β-unsaturated/α-hetero) is 1.